The molecule has 8 nitrogen and oxygen atoms in total. The molecule has 2 aromatic carbocycles. The Morgan fingerprint density at radius 1 is 1.16 bits per heavy atom. The molecule has 0 spiro atoms. The molecule has 0 aliphatic heterocycles. The van der Waals surface area contributed by atoms with Gasteiger partial charge in [-0.15, -0.1) is 0 Å². The number of phenols is 1. The number of carbonyl (C=O) groups is 1. The zero-order chi connectivity index (χ0) is 23.2. The summed E-state index contributed by atoms with van der Waals surface area (Å²) in [7, 11) is 0. The van der Waals surface area contributed by atoms with Gasteiger partial charge in [-0.2, -0.15) is 5.10 Å². The summed E-state index contributed by atoms with van der Waals surface area (Å²) in [5, 5.41) is 24.0. The number of nitro groups is 1. The second-order valence-electron chi connectivity index (χ2n) is 9.23. The summed E-state index contributed by atoms with van der Waals surface area (Å²) in [5.74, 6) is -0.335. The van der Waals surface area contributed by atoms with Crippen LogP contribution < -0.4 is 10.2 Å². The summed E-state index contributed by atoms with van der Waals surface area (Å²) >= 11 is 0. The highest BCUT2D eigenvalue weighted by atomic mass is 16.6. The molecule has 1 amide bonds. The van der Waals surface area contributed by atoms with Crippen molar-refractivity contribution in [1.82, 2.24) is 5.43 Å². The van der Waals surface area contributed by atoms with Crippen molar-refractivity contribution < 1.29 is 19.6 Å². The average Bonchev–Trinajstić information content (AvgIpc) is 2.66. The third kappa shape index (κ3) is 7.40. The number of hydrogen-bond donors (Lipinski definition) is 2. The van der Waals surface area contributed by atoms with Gasteiger partial charge in [0.25, 0.3) is 5.91 Å². The third-order valence-electron chi connectivity index (χ3n) is 4.58. The molecular weight excluding hydrogens is 398 g/mol. The van der Waals surface area contributed by atoms with E-state index in [9.17, 15) is 20.0 Å². The predicted octanol–water partition coefficient (Wildman–Crippen LogP) is 4.54. The van der Waals surface area contributed by atoms with Gasteiger partial charge >= 0.3 is 5.69 Å². The second kappa shape index (κ2) is 9.59. The fourth-order valence-corrected chi connectivity index (χ4v) is 3.56. The molecule has 2 N–H and O–H groups in total. The zero-order valence-corrected chi connectivity index (χ0v) is 18.5. The third-order valence-corrected chi connectivity index (χ3v) is 4.58. The average molecular weight is 428 g/mol. The number of hydrazone groups is 1. The van der Waals surface area contributed by atoms with E-state index >= 15 is 0 Å². The maximum absolute atomic E-state index is 11.9. The molecule has 8 heteroatoms. The zero-order valence-electron chi connectivity index (χ0n) is 18.5. The minimum atomic E-state index is -0.700. The minimum Gasteiger partial charge on any atom is -0.502 e. The molecule has 0 radical (unpaired) electrons. The van der Waals surface area contributed by atoms with Crippen molar-refractivity contribution in [3.05, 3.63) is 63.7 Å². The molecule has 0 aliphatic carbocycles. The van der Waals surface area contributed by atoms with Gasteiger partial charge in [0.05, 0.1) is 11.1 Å². The van der Waals surface area contributed by atoms with Crippen LogP contribution in [-0.2, 0) is 10.2 Å². The van der Waals surface area contributed by atoms with Crippen LogP contribution in [0, 0.1) is 15.5 Å². The van der Waals surface area contributed by atoms with Crippen molar-refractivity contribution in [3.63, 3.8) is 0 Å². The molecule has 0 saturated heterocycles. The number of nitrogens with zero attached hydrogens (tertiary/aromatic N) is 2. The van der Waals surface area contributed by atoms with Crippen molar-refractivity contribution in [3.8, 4) is 11.5 Å². The quantitative estimate of drug-likeness (QED) is 0.365. The Labute approximate surface area is 182 Å². The largest absolute Gasteiger partial charge is 0.502 e. The second-order valence-corrected chi connectivity index (χ2v) is 9.23. The molecule has 0 aliphatic rings. The molecule has 0 heterocycles. The van der Waals surface area contributed by atoms with E-state index in [4.69, 9.17) is 4.74 Å². The molecule has 0 aromatic heterocycles. The molecule has 2 rings (SSSR count). The van der Waals surface area contributed by atoms with E-state index in [0.29, 0.717) is 11.3 Å². The molecule has 0 fully saturated rings. The predicted molar refractivity (Wildman–Crippen MR) is 120 cm³/mol. The monoisotopic (exact) mass is 427 g/mol. The summed E-state index contributed by atoms with van der Waals surface area (Å²) in [6.45, 7) is 10.9. The van der Waals surface area contributed by atoms with Gasteiger partial charge < -0.3 is 9.84 Å². The van der Waals surface area contributed by atoms with Crippen LogP contribution in [0.3, 0.4) is 0 Å². The molecule has 0 bridgehead atoms. The van der Waals surface area contributed by atoms with Crippen LogP contribution in [-0.4, -0.2) is 28.8 Å². The molecular formula is C23H29N3O5. The first-order valence-corrected chi connectivity index (χ1v) is 9.90. The Kier molecular flexibility index (Phi) is 7.38. The van der Waals surface area contributed by atoms with Crippen LogP contribution in [0.4, 0.5) is 5.69 Å². The van der Waals surface area contributed by atoms with Crippen LogP contribution in [0.25, 0.3) is 0 Å². The van der Waals surface area contributed by atoms with Crippen molar-refractivity contribution in [2.75, 3.05) is 6.61 Å². The number of carbonyl (C=O) groups excluding carboxylic acids is 1. The fraction of sp³-hybridized carbons (Fsp3) is 0.391. The molecule has 2 aromatic rings. The Morgan fingerprint density at radius 3 is 2.39 bits per heavy atom. The number of amides is 1. The summed E-state index contributed by atoms with van der Waals surface area (Å²) in [6.07, 6.45) is 2.28. The van der Waals surface area contributed by atoms with Crippen LogP contribution in [0.15, 0.2) is 47.6 Å². The molecule has 31 heavy (non-hydrogen) atoms. The van der Waals surface area contributed by atoms with Crippen molar-refractivity contribution in [2.45, 2.75) is 46.5 Å². The molecule has 0 unspecified atom stereocenters. The SMILES string of the molecule is CC(C)(C)CC(C)(C)c1ccc(OCC(=O)NN=Cc2ccc(O)c([N+](=O)[O-])c2)cc1. The van der Waals surface area contributed by atoms with Gasteiger partial charge in [-0.25, -0.2) is 5.43 Å². The lowest BCUT2D eigenvalue weighted by atomic mass is 9.72. The van der Waals surface area contributed by atoms with Crippen molar-refractivity contribution >= 4 is 17.8 Å². The first kappa shape index (κ1) is 23.9. The van der Waals surface area contributed by atoms with Gasteiger partial charge in [-0.05, 0) is 47.1 Å². The number of rotatable bonds is 8. The normalized spacial score (nSPS) is 12.0. The number of nitro benzene ring substituents is 1. The fourth-order valence-electron chi connectivity index (χ4n) is 3.56. The molecule has 0 atom stereocenters. The first-order chi connectivity index (χ1) is 14.4. The first-order valence-electron chi connectivity index (χ1n) is 9.90. The summed E-state index contributed by atoms with van der Waals surface area (Å²) in [4.78, 5) is 22.0. The molecule has 0 saturated carbocycles. The lowest BCUT2D eigenvalue weighted by Gasteiger charge is -2.33. The maximum Gasteiger partial charge on any atom is 0.311 e. The standard InChI is InChI=1S/C23H29N3O5/c1-22(2,3)15-23(4,5)17-7-9-18(10-8-17)31-14-21(28)25-24-13-16-6-11-20(27)19(12-16)26(29)30/h6-13,27H,14-15H2,1-5H3,(H,25,28). The lowest BCUT2D eigenvalue weighted by molar-refractivity contribution is -0.385. The van der Waals surface area contributed by atoms with Crippen LogP contribution in [0.2, 0.25) is 0 Å². The number of hydrogen-bond acceptors (Lipinski definition) is 6. The van der Waals surface area contributed by atoms with Crippen molar-refractivity contribution in [1.29, 1.82) is 0 Å². The number of phenolic OH excluding ortho intramolecular Hbond substituents is 1. The number of aromatic hydroxyl groups is 1. The van der Waals surface area contributed by atoms with E-state index in [0.717, 1.165) is 12.5 Å². The highest BCUT2D eigenvalue weighted by Gasteiger charge is 2.27. The highest BCUT2D eigenvalue weighted by molar-refractivity contribution is 5.84. The van der Waals surface area contributed by atoms with Crippen molar-refractivity contribution in [2.24, 2.45) is 10.5 Å². The lowest BCUT2D eigenvalue weighted by Crippen LogP contribution is -2.25. The van der Waals surface area contributed by atoms with E-state index < -0.39 is 22.3 Å². The van der Waals surface area contributed by atoms with Gasteiger partial charge in [0.2, 0.25) is 0 Å². The highest BCUT2D eigenvalue weighted by Crippen LogP contribution is 2.36. The Balaban J connectivity index is 1.88. The van der Waals surface area contributed by atoms with Gasteiger partial charge in [0.15, 0.2) is 12.4 Å². The summed E-state index contributed by atoms with van der Waals surface area (Å²) in [6, 6.07) is 11.5. The Bertz CT molecular complexity index is 960. The van der Waals surface area contributed by atoms with E-state index in [-0.39, 0.29) is 17.4 Å². The maximum atomic E-state index is 11.9. The minimum absolute atomic E-state index is 0.0200. The van der Waals surface area contributed by atoms with Gasteiger partial charge in [0.1, 0.15) is 5.75 Å². The van der Waals surface area contributed by atoms with E-state index in [2.05, 4.69) is 45.1 Å². The van der Waals surface area contributed by atoms with E-state index in [1.54, 1.807) is 0 Å². The molecule has 166 valence electrons. The summed E-state index contributed by atoms with van der Waals surface area (Å²) in [5.41, 5.74) is 3.65. The Hall–Kier alpha value is -3.42. The summed E-state index contributed by atoms with van der Waals surface area (Å²) < 4.78 is 5.50. The van der Waals surface area contributed by atoms with Crippen LogP contribution in [0.5, 0.6) is 11.5 Å². The van der Waals surface area contributed by atoms with Gasteiger partial charge in [-0.1, -0.05) is 46.8 Å². The topological polar surface area (TPSA) is 114 Å². The van der Waals surface area contributed by atoms with Gasteiger partial charge in [-0.3, -0.25) is 14.9 Å². The number of ether oxygens (including phenoxy) is 1. The van der Waals surface area contributed by atoms with Gasteiger partial charge in [0, 0.05) is 11.6 Å². The van der Waals surface area contributed by atoms with E-state index in [1.807, 2.05) is 24.3 Å². The van der Waals surface area contributed by atoms with Crippen LogP contribution in [0.1, 0.15) is 52.2 Å². The van der Waals surface area contributed by atoms with E-state index in [1.165, 1.54) is 23.9 Å². The van der Waals surface area contributed by atoms with Crippen LogP contribution >= 0.6 is 0 Å². The number of benzene rings is 2. The number of nitrogens with one attached hydrogen (secondary N) is 1. The Morgan fingerprint density at radius 2 is 1.81 bits per heavy atom. The smallest absolute Gasteiger partial charge is 0.311 e.